The van der Waals surface area contributed by atoms with Gasteiger partial charge >= 0.3 is 6.03 Å². The van der Waals surface area contributed by atoms with Gasteiger partial charge in [0.25, 0.3) is 0 Å². The van der Waals surface area contributed by atoms with Gasteiger partial charge < -0.3 is 0 Å². The molecule has 0 fully saturated rings. The molecule has 18 heavy (non-hydrogen) atoms. The first kappa shape index (κ1) is 12.4. The Balaban J connectivity index is 2.30. The molecule has 0 saturated carbocycles. The minimum Gasteiger partial charge on any atom is -0.250 e. The number of aromatic nitrogens is 4. The standard InChI is InChI=1S/C9H12N6O2S/c1-2-3-18(10,17)14-9(16)15-6-13-8-7(15)4-11-5-12-8/h4-6H,2-3H2,1H3,(H2,10,14,16,17). The Labute approximate surface area is 104 Å². The van der Waals surface area contributed by atoms with E-state index in [2.05, 4.69) is 19.7 Å². The minimum atomic E-state index is -3.11. The Kier molecular flexibility index (Phi) is 3.24. The second-order valence-electron chi connectivity index (χ2n) is 3.63. The first-order valence-electron chi connectivity index (χ1n) is 5.25. The van der Waals surface area contributed by atoms with Crippen LogP contribution in [0.15, 0.2) is 18.9 Å². The maximum absolute atomic E-state index is 11.9. The molecule has 2 N–H and O–H groups in total. The number of nitrogens with one attached hydrogen (secondary N) is 2. The highest BCUT2D eigenvalue weighted by molar-refractivity contribution is 7.91. The van der Waals surface area contributed by atoms with E-state index in [0.29, 0.717) is 17.6 Å². The summed E-state index contributed by atoms with van der Waals surface area (Å²) in [7, 11) is -3.11. The van der Waals surface area contributed by atoms with Gasteiger partial charge in [-0.1, -0.05) is 6.92 Å². The van der Waals surface area contributed by atoms with Crippen LogP contribution in [0.5, 0.6) is 0 Å². The van der Waals surface area contributed by atoms with E-state index in [-0.39, 0.29) is 5.75 Å². The Morgan fingerprint density at radius 2 is 2.33 bits per heavy atom. The third-order valence-electron chi connectivity index (χ3n) is 2.19. The van der Waals surface area contributed by atoms with E-state index in [4.69, 9.17) is 4.78 Å². The molecule has 0 aliphatic heterocycles. The monoisotopic (exact) mass is 268 g/mol. The summed E-state index contributed by atoms with van der Waals surface area (Å²) in [6.07, 6.45) is 4.56. The number of amides is 1. The van der Waals surface area contributed by atoms with Crippen LogP contribution in [0.2, 0.25) is 0 Å². The van der Waals surface area contributed by atoms with Crippen molar-refractivity contribution in [3.05, 3.63) is 18.9 Å². The minimum absolute atomic E-state index is 0.113. The summed E-state index contributed by atoms with van der Waals surface area (Å²) in [4.78, 5) is 23.4. The van der Waals surface area contributed by atoms with E-state index in [9.17, 15) is 9.00 Å². The number of rotatable bonds is 3. The van der Waals surface area contributed by atoms with Crippen molar-refractivity contribution in [2.45, 2.75) is 13.3 Å². The van der Waals surface area contributed by atoms with Crippen LogP contribution < -0.4 is 4.72 Å². The van der Waals surface area contributed by atoms with Crippen LogP contribution in [0.3, 0.4) is 0 Å². The third kappa shape index (κ3) is 2.45. The summed E-state index contributed by atoms with van der Waals surface area (Å²) in [6, 6.07) is -0.666. The molecule has 8 nitrogen and oxygen atoms in total. The second kappa shape index (κ2) is 4.69. The molecular formula is C9H12N6O2S. The molecule has 96 valence electrons. The zero-order valence-corrected chi connectivity index (χ0v) is 10.5. The fraction of sp³-hybridized carbons (Fsp3) is 0.333. The SMILES string of the molecule is CCCS(=N)(=O)NC(=O)n1cnc2ncncc21. The van der Waals surface area contributed by atoms with Crippen LogP contribution >= 0.6 is 0 Å². The van der Waals surface area contributed by atoms with E-state index in [1.165, 1.54) is 18.9 Å². The molecule has 0 aliphatic rings. The fourth-order valence-corrected chi connectivity index (χ4v) is 2.51. The maximum Gasteiger partial charge on any atom is 0.339 e. The van der Waals surface area contributed by atoms with Gasteiger partial charge in [0.15, 0.2) is 5.65 Å². The highest BCUT2D eigenvalue weighted by Gasteiger charge is 2.14. The van der Waals surface area contributed by atoms with Gasteiger partial charge in [-0.05, 0) is 6.42 Å². The molecule has 0 aromatic carbocycles. The molecule has 2 aromatic heterocycles. The smallest absolute Gasteiger partial charge is 0.250 e. The molecular weight excluding hydrogens is 256 g/mol. The summed E-state index contributed by atoms with van der Waals surface area (Å²) in [5.41, 5.74) is 0.772. The summed E-state index contributed by atoms with van der Waals surface area (Å²) in [5, 5.41) is 0. The van der Waals surface area contributed by atoms with Crippen LogP contribution in [0.4, 0.5) is 4.79 Å². The van der Waals surface area contributed by atoms with Gasteiger partial charge in [-0.25, -0.2) is 38.0 Å². The number of carbonyl (C=O) groups is 1. The van der Waals surface area contributed by atoms with Gasteiger partial charge in [0.1, 0.15) is 28.1 Å². The van der Waals surface area contributed by atoms with E-state index < -0.39 is 15.9 Å². The zero-order valence-electron chi connectivity index (χ0n) is 9.66. The van der Waals surface area contributed by atoms with E-state index in [0.717, 1.165) is 4.57 Å². The third-order valence-corrected chi connectivity index (χ3v) is 3.68. The summed E-state index contributed by atoms with van der Waals surface area (Å²) in [5.74, 6) is 0.113. The average molecular weight is 268 g/mol. The van der Waals surface area contributed by atoms with Gasteiger partial charge in [0, 0.05) is 0 Å². The van der Waals surface area contributed by atoms with Crippen molar-refractivity contribution in [1.82, 2.24) is 24.2 Å². The topological polar surface area (TPSA) is 114 Å². The van der Waals surface area contributed by atoms with Crippen LogP contribution in [0.1, 0.15) is 13.3 Å². The lowest BCUT2D eigenvalue weighted by atomic mass is 10.5. The lowest BCUT2D eigenvalue weighted by Crippen LogP contribution is -2.34. The molecule has 0 bridgehead atoms. The molecule has 1 atom stereocenters. The lowest BCUT2D eigenvalue weighted by Gasteiger charge is -2.08. The largest absolute Gasteiger partial charge is 0.339 e. The summed E-state index contributed by atoms with van der Waals surface area (Å²) in [6.45, 7) is 1.79. The van der Waals surface area contributed by atoms with Crippen molar-refractivity contribution in [3.63, 3.8) is 0 Å². The summed E-state index contributed by atoms with van der Waals surface area (Å²) < 4.78 is 22.5. The second-order valence-corrected chi connectivity index (χ2v) is 5.60. The summed E-state index contributed by atoms with van der Waals surface area (Å²) >= 11 is 0. The van der Waals surface area contributed by atoms with Gasteiger partial charge in [0.05, 0.1) is 11.9 Å². The number of hydrogen-bond donors (Lipinski definition) is 2. The van der Waals surface area contributed by atoms with Crippen molar-refractivity contribution in [1.29, 1.82) is 4.78 Å². The van der Waals surface area contributed by atoms with E-state index >= 15 is 0 Å². The Morgan fingerprint density at radius 1 is 1.56 bits per heavy atom. The van der Waals surface area contributed by atoms with Gasteiger partial charge in [-0.2, -0.15) is 0 Å². The van der Waals surface area contributed by atoms with Crippen LogP contribution in [-0.4, -0.2) is 35.5 Å². The Bertz CT molecular complexity index is 677. The fourth-order valence-electron chi connectivity index (χ4n) is 1.45. The normalized spacial score (nSPS) is 14.3. The highest BCUT2D eigenvalue weighted by Crippen LogP contribution is 2.07. The number of fused-ring (bicyclic) bond motifs is 1. The first-order valence-corrected chi connectivity index (χ1v) is 6.98. The Morgan fingerprint density at radius 3 is 3.06 bits per heavy atom. The molecule has 1 amide bonds. The van der Waals surface area contributed by atoms with Crippen molar-refractivity contribution in [2.75, 3.05) is 5.75 Å². The van der Waals surface area contributed by atoms with Crippen LogP contribution in [-0.2, 0) is 9.92 Å². The van der Waals surface area contributed by atoms with Crippen molar-refractivity contribution < 1.29 is 9.00 Å². The molecule has 0 saturated heterocycles. The quantitative estimate of drug-likeness (QED) is 0.852. The predicted octanol–water partition coefficient (Wildman–Crippen LogP) is 0.756. The molecule has 9 heteroatoms. The van der Waals surface area contributed by atoms with E-state index in [1.54, 1.807) is 6.92 Å². The van der Waals surface area contributed by atoms with Gasteiger partial charge in [0.2, 0.25) is 0 Å². The molecule has 2 heterocycles. The number of nitrogens with zero attached hydrogens (tertiary/aromatic N) is 4. The van der Waals surface area contributed by atoms with Crippen LogP contribution in [0.25, 0.3) is 11.2 Å². The van der Waals surface area contributed by atoms with Crippen molar-refractivity contribution in [3.8, 4) is 0 Å². The molecule has 1 unspecified atom stereocenters. The predicted molar refractivity (Wildman–Crippen MR) is 65.3 cm³/mol. The van der Waals surface area contributed by atoms with Crippen molar-refractivity contribution >= 4 is 27.1 Å². The molecule has 0 spiro atoms. The van der Waals surface area contributed by atoms with Crippen molar-refractivity contribution in [2.24, 2.45) is 0 Å². The van der Waals surface area contributed by atoms with Gasteiger partial charge in [-0.15, -0.1) is 0 Å². The molecule has 2 aromatic rings. The highest BCUT2D eigenvalue weighted by atomic mass is 32.2. The molecule has 2 rings (SSSR count). The number of carbonyl (C=O) groups excluding carboxylic acids is 1. The molecule has 0 aliphatic carbocycles. The lowest BCUT2D eigenvalue weighted by molar-refractivity contribution is 0.248. The maximum atomic E-state index is 11.9. The van der Waals surface area contributed by atoms with E-state index in [1.807, 2.05) is 0 Å². The number of imidazole rings is 1. The van der Waals surface area contributed by atoms with Crippen LogP contribution in [0, 0.1) is 4.78 Å². The molecule has 0 radical (unpaired) electrons. The van der Waals surface area contributed by atoms with Gasteiger partial charge in [-0.3, -0.25) is 0 Å². The number of hydrogen-bond acceptors (Lipinski definition) is 6. The zero-order chi connectivity index (χ0) is 13.2. The average Bonchev–Trinajstić information content (AvgIpc) is 2.71. The Hall–Kier alpha value is -2.03. The first-order chi connectivity index (χ1) is 8.53.